The number of esters is 1. The Hall–Kier alpha value is -1.60. The molecule has 0 aromatic rings. The van der Waals surface area contributed by atoms with E-state index in [1.54, 1.807) is 0 Å². The summed E-state index contributed by atoms with van der Waals surface area (Å²) in [7, 11) is 0. The quantitative estimate of drug-likeness (QED) is 0.129. The van der Waals surface area contributed by atoms with Gasteiger partial charge in [0.05, 0.1) is 6.61 Å². The molecule has 0 aromatic heterocycles. The lowest BCUT2D eigenvalue weighted by Crippen LogP contribution is -2.53. The highest BCUT2D eigenvalue weighted by Crippen LogP contribution is 2.37. The molecule has 0 rings (SSSR count). The first kappa shape index (κ1) is 32.4. The number of aliphatic hydroxyl groups is 2. The Morgan fingerprint density at radius 3 is 1.50 bits per heavy atom. The van der Waals surface area contributed by atoms with Crippen molar-refractivity contribution in [2.24, 2.45) is 11.3 Å². The third-order valence-electron chi connectivity index (χ3n) is 6.66. The molecule has 2 atom stereocenters. The molecule has 7 nitrogen and oxygen atoms in total. The van der Waals surface area contributed by atoms with Gasteiger partial charge in [0, 0.05) is 5.92 Å². The van der Waals surface area contributed by atoms with Crippen molar-refractivity contribution in [3.63, 3.8) is 0 Å². The van der Waals surface area contributed by atoms with Crippen LogP contribution < -0.4 is 0 Å². The van der Waals surface area contributed by atoms with E-state index in [2.05, 4.69) is 6.92 Å². The third kappa shape index (κ3) is 11.2. The minimum atomic E-state index is -2.21. The predicted octanol–water partition coefficient (Wildman–Crippen LogP) is 4.73. The van der Waals surface area contributed by atoms with E-state index in [0.717, 1.165) is 33.1 Å². The monoisotopic (exact) mass is 484 g/mol. The second-order valence-electron chi connectivity index (χ2n) is 9.55. The van der Waals surface area contributed by atoms with Gasteiger partial charge >= 0.3 is 5.97 Å². The van der Waals surface area contributed by atoms with E-state index < -0.39 is 54.0 Å². The second kappa shape index (κ2) is 18.7. The minimum Gasteiger partial charge on any atom is -0.462 e. The Kier molecular flexibility index (Phi) is 17.8. The largest absolute Gasteiger partial charge is 0.462 e. The Morgan fingerprint density at radius 2 is 1.15 bits per heavy atom. The van der Waals surface area contributed by atoms with Gasteiger partial charge in [-0.2, -0.15) is 0 Å². The van der Waals surface area contributed by atoms with Gasteiger partial charge in [0.15, 0.2) is 17.0 Å². The number of unbranched alkanes of at least 4 members (excludes halogenated alkanes) is 12. The van der Waals surface area contributed by atoms with Gasteiger partial charge in [-0.05, 0) is 27.2 Å². The summed E-state index contributed by atoms with van der Waals surface area (Å²) in [6.45, 7) is 4.56. The Labute approximate surface area is 206 Å². The average Bonchev–Trinajstić information content (AvgIpc) is 2.78. The SMILES string of the molecule is CCCCCCCCCCCCCCCC(C(C)=O)C(C(C)=O)(C(C)=O)C(=O)OCC(O)CO. The number of carbonyl (C=O) groups excluding carboxylic acids is 4. The third-order valence-corrected chi connectivity index (χ3v) is 6.66. The molecule has 34 heavy (non-hydrogen) atoms. The van der Waals surface area contributed by atoms with Crippen molar-refractivity contribution in [3.8, 4) is 0 Å². The predicted molar refractivity (Wildman–Crippen MR) is 132 cm³/mol. The first-order valence-corrected chi connectivity index (χ1v) is 13.1. The standard InChI is InChI=1S/C27H48O7/c1-5-6-7-8-9-10-11-12-13-14-15-16-17-18-25(21(2)29)27(22(3)30,23(4)31)26(33)34-20-24(32)19-28/h24-25,28,32H,5-20H2,1-4H3. The molecule has 0 spiro atoms. The molecule has 0 amide bonds. The summed E-state index contributed by atoms with van der Waals surface area (Å²) in [4.78, 5) is 50.4. The van der Waals surface area contributed by atoms with E-state index in [1.165, 1.54) is 64.7 Å². The minimum absolute atomic E-state index is 0.240. The second-order valence-corrected chi connectivity index (χ2v) is 9.55. The van der Waals surface area contributed by atoms with Crippen molar-refractivity contribution in [2.75, 3.05) is 13.2 Å². The normalized spacial score (nSPS) is 13.4. The lowest BCUT2D eigenvalue weighted by atomic mass is 9.66. The molecule has 7 heteroatoms. The maximum atomic E-state index is 12.8. The Bertz CT molecular complexity index is 600. The van der Waals surface area contributed by atoms with Crippen molar-refractivity contribution >= 4 is 23.3 Å². The Morgan fingerprint density at radius 1 is 0.735 bits per heavy atom. The van der Waals surface area contributed by atoms with Crippen LogP contribution in [0.2, 0.25) is 0 Å². The molecule has 0 aliphatic rings. The molecule has 0 heterocycles. The smallest absolute Gasteiger partial charge is 0.328 e. The molecule has 2 N–H and O–H groups in total. The van der Waals surface area contributed by atoms with Crippen molar-refractivity contribution in [1.29, 1.82) is 0 Å². The summed E-state index contributed by atoms with van der Waals surface area (Å²) >= 11 is 0. The van der Waals surface area contributed by atoms with Crippen LogP contribution in [0.25, 0.3) is 0 Å². The van der Waals surface area contributed by atoms with Gasteiger partial charge in [0.25, 0.3) is 0 Å². The van der Waals surface area contributed by atoms with E-state index in [9.17, 15) is 24.3 Å². The van der Waals surface area contributed by atoms with Crippen LogP contribution in [0.5, 0.6) is 0 Å². The zero-order chi connectivity index (χ0) is 26.0. The van der Waals surface area contributed by atoms with Crippen LogP contribution in [-0.4, -0.2) is 52.8 Å². The van der Waals surface area contributed by atoms with Crippen LogP contribution in [0.3, 0.4) is 0 Å². The van der Waals surface area contributed by atoms with E-state index >= 15 is 0 Å². The van der Waals surface area contributed by atoms with Gasteiger partial charge in [0.2, 0.25) is 0 Å². The number of aliphatic hydroxyl groups excluding tert-OH is 2. The van der Waals surface area contributed by atoms with Crippen molar-refractivity contribution in [1.82, 2.24) is 0 Å². The van der Waals surface area contributed by atoms with Gasteiger partial charge < -0.3 is 14.9 Å². The average molecular weight is 485 g/mol. The van der Waals surface area contributed by atoms with E-state index in [0.29, 0.717) is 6.42 Å². The van der Waals surface area contributed by atoms with Crippen LogP contribution in [0.1, 0.15) is 118 Å². The number of rotatable bonds is 22. The van der Waals surface area contributed by atoms with Crippen molar-refractivity contribution in [2.45, 2.75) is 124 Å². The molecule has 0 saturated carbocycles. The zero-order valence-corrected chi connectivity index (χ0v) is 21.9. The highest BCUT2D eigenvalue weighted by molar-refractivity contribution is 6.23. The molecule has 0 aromatic carbocycles. The summed E-state index contributed by atoms with van der Waals surface area (Å²) < 4.78 is 4.99. The fraction of sp³-hybridized carbons (Fsp3) is 0.852. The van der Waals surface area contributed by atoms with Crippen LogP contribution in [0.15, 0.2) is 0 Å². The van der Waals surface area contributed by atoms with Gasteiger partial charge in [-0.25, -0.2) is 0 Å². The summed E-state index contributed by atoms with van der Waals surface area (Å²) in [5, 5.41) is 18.4. The summed E-state index contributed by atoms with van der Waals surface area (Å²) in [6, 6.07) is 0. The first-order chi connectivity index (χ1) is 16.2. The summed E-state index contributed by atoms with van der Waals surface area (Å²) in [5.74, 6) is -4.12. The molecule has 0 aliphatic carbocycles. The fourth-order valence-electron chi connectivity index (χ4n) is 4.60. The van der Waals surface area contributed by atoms with Crippen LogP contribution in [0, 0.1) is 11.3 Å². The molecule has 198 valence electrons. The van der Waals surface area contributed by atoms with Gasteiger partial charge in [-0.15, -0.1) is 0 Å². The molecule has 0 aliphatic heterocycles. The number of hydrogen-bond acceptors (Lipinski definition) is 7. The topological polar surface area (TPSA) is 118 Å². The number of ether oxygens (including phenoxy) is 1. The summed E-state index contributed by atoms with van der Waals surface area (Å²) in [5.41, 5.74) is -2.21. The van der Waals surface area contributed by atoms with Crippen molar-refractivity contribution < 1.29 is 34.1 Å². The van der Waals surface area contributed by atoms with Crippen LogP contribution >= 0.6 is 0 Å². The number of Topliss-reactive ketones (excluding diaryl/α,β-unsaturated/α-hetero) is 3. The molecule has 2 unspecified atom stereocenters. The molecule has 0 radical (unpaired) electrons. The molecular weight excluding hydrogens is 436 g/mol. The molecule has 0 bridgehead atoms. The molecule has 0 saturated heterocycles. The van der Waals surface area contributed by atoms with Gasteiger partial charge in [-0.3, -0.25) is 19.2 Å². The maximum Gasteiger partial charge on any atom is 0.328 e. The van der Waals surface area contributed by atoms with Crippen LogP contribution in [-0.2, 0) is 23.9 Å². The molecule has 0 fully saturated rings. The highest BCUT2D eigenvalue weighted by Gasteiger charge is 2.57. The molecular formula is C27H48O7. The van der Waals surface area contributed by atoms with Gasteiger partial charge in [-0.1, -0.05) is 90.4 Å². The van der Waals surface area contributed by atoms with Gasteiger partial charge in [0.1, 0.15) is 18.5 Å². The summed E-state index contributed by atoms with van der Waals surface area (Å²) in [6.07, 6.45) is 14.1. The highest BCUT2D eigenvalue weighted by atomic mass is 16.5. The maximum absolute atomic E-state index is 12.8. The van der Waals surface area contributed by atoms with E-state index in [-0.39, 0.29) is 6.42 Å². The fourth-order valence-corrected chi connectivity index (χ4v) is 4.60. The first-order valence-electron chi connectivity index (χ1n) is 13.1. The lowest BCUT2D eigenvalue weighted by Gasteiger charge is -2.33. The van der Waals surface area contributed by atoms with Crippen LogP contribution in [0.4, 0.5) is 0 Å². The number of ketones is 3. The zero-order valence-electron chi connectivity index (χ0n) is 21.9. The van der Waals surface area contributed by atoms with Crippen molar-refractivity contribution in [3.05, 3.63) is 0 Å². The van der Waals surface area contributed by atoms with E-state index in [4.69, 9.17) is 9.84 Å². The number of hydrogen-bond donors (Lipinski definition) is 2. The Balaban J connectivity index is 4.67. The number of carbonyl (C=O) groups is 4. The lowest BCUT2D eigenvalue weighted by molar-refractivity contribution is -0.172. The van der Waals surface area contributed by atoms with E-state index in [1.807, 2.05) is 0 Å².